The second kappa shape index (κ2) is 8.83. The highest BCUT2D eigenvalue weighted by Crippen LogP contribution is 2.31. The van der Waals surface area contributed by atoms with Gasteiger partial charge < -0.3 is 5.32 Å². The molecule has 0 aromatic heterocycles. The van der Waals surface area contributed by atoms with Crippen LogP contribution in [0.2, 0.25) is 0 Å². The van der Waals surface area contributed by atoms with E-state index < -0.39 is 11.7 Å². The van der Waals surface area contributed by atoms with Gasteiger partial charge in [-0.25, -0.2) is 0 Å². The lowest BCUT2D eigenvalue weighted by Crippen LogP contribution is -2.08. The Morgan fingerprint density at radius 2 is 1.90 bits per heavy atom. The van der Waals surface area contributed by atoms with Gasteiger partial charge in [-0.2, -0.15) is 30.2 Å². The molecule has 0 aliphatic carbocycles. The highest BCUT2D eigenvalue weighted by molar-refractivity contribution is 7.98. The van der Waals surface area contributed by atoms with Crippen LogP contribution in [0.1, 0.15) is 36.8 Å². The van der Waals surface area contributed by atoms with Gasteiger partial charge in [0.15, 0.2) is 0 Å². The maximum absolute atomic E-state index is 12.6. The molecule has 0 amide bonds. The molecule has 1 aromatic rings. The van der Waals surface area contributed by atoms with Crippen LogP contribution in [0.4, 0.5) is 18.9 Å². The average Bonchev–Trinajstić information content (AvgIpc) is 2.45. The van der Waals surface area contributed by atoms with Gasteiger partial charge in [-0.05, 0) is 43.0 Å². The molecule has 2 nitrogen and oxygen atoms in total. The Kier molecular flexibility index (Phi) is 7.44. The zero-order valence-electron chi connectivity index (χ0n) is 12.0. The minimum atomic E-state index is -4.42. The van der Waals surface area contributed by atoms with Crippen molar-refractivity contribution in [1.29, 1.82) is 5.26 Å². The van der Waals surface area contributed by atoms with Crippen LogP contribution in [0.25, 0.3) is 0 Å². The molecule has 1 N–H and O–H groups in total. The van der Waals surface area contributed by atoms with Gasteiger partial charge in [-0.1, -0.05) is 12.8 Å². The molecular formula is C15H19F3N2S. The lowest BCUT2D eigenvalue weighted by molar-refractivity contribution is -0.137. The van der Waals surface area contributed by atoms with E-state index >= 15 is 0 Å². The van der Waals surface area contributed by atoms with E-state index in [1.807, 2.05) is 17.8 Å². The number of thioether (sulfide) groups is 1. The minimum Gasteiger partial charge on any atom is -0.384 e. The highest BCUT2D eigenvalue weighted by atomic mass is 32.2. The molecule has 116 valence electrons. The smallest absolute Gasteiger partial charge is 0.384 e. The Bertz CT molecular complexity index is 481. The van der Waals surface area contributed by atoms with Crippen molar-refractivity contribution in [2.75, 3.05) is 23.9 Å². The fraction of sp³-hybridized carbons (Fsp3) is 0.533. The lowest BCUT2D eigenvalue weighted by Gasteiger charge is -2.11. The summed E-state index contributed by atoms with van der Waals surface area (Å²) in [6.07, 6.45) is 2.03. The van der Waals surface area contributed by atoms with Gasteiger partial charge in [0.1, 0.15) is 6.07 Å². The summed E-state index contributed by atoms with van der Waals surface area (Å²) in [6, 6.07) is 5.03. The summed E-state index contributed by atoms with van der Waals surface area (Å²) in [6.45, 7) is 0.666. The monoisotopic (exact) mass is 316 g/mol. The number of alkyl halides is 3. The first-order chi connectivity index (χ1) is 9.99. The molecule has 0 unspecified atom stereocenters. The lowest BCUT2D eigenvalue weighted by atomic mass is 10.1. The Balaban J connectivity index is 2.47. The fourth-order valence-corrected chi connectivity index (χ4v) is 2.41. The number of benzene rings is 1. The van der Waals surface area contributed by atoms with Crippen LogP contribution in [-0.2, 0) is 6.18 Å². The third kappa shape index (κ3) is 6.30. The van der Waals surface area contributed by atoms with Gasteiger partial charge in [0.25, 0.3) is 0 Å². The fourth-order valence-electron chi connectivity index (χ4n) is 1.92. The van der Waals surface area contributed by atoms with Crippen molar-refractivity contribution in [3.63, 3.8) is 0 Å². The first-order valence-corrected chi connectivity index (χ1v) is 8.22. The van der Waals surface area contributed by atoms with Crippen molar-refractivity contribution < 1.29 is 13.2 Å². The molecule has 0 saturated carbocycles. The van der Waals surface area contributed by atoms with Crippen LogP contribution >= 0.6 is 11.8 Å². The zero-order chi connectivity index (χ0) is 15.7. The first-order valence-electron chi connectivity index (χ1n) is 6.83. The number of halogens is 3. The van der Waals surface area contributed by atoms with E-state index in [1.54, 1.807) is 0 Å². The summed E-state index contributed by atoms with van der Waals surface area (Å²) in [5.41, 5.74) is -0.288. The molecule has 6 heteroatoms. The number of nitriles is 1. The van der Waals surface area contributed by atoms with Crippen LogP contribution in [0.15, 0.2) is 18.2 Å². The molecular weight excluding hydrogens is 297 g/mol. The summed E-state index contributed by atoms with van der Waals surface area (Å²) in [4.78, 5) is 0. The number of nitrogens with zero attached hydrogens (tertiary/aromatic N) is 1. The molecule has 0 saturated heterocycles. The van der Waals surface area contributed by atoms with E-state index in [0.717, 1.165) is 37.1 Å². The maximum atomic E-state index is 12.6. The molecule has 0 spiro atoms. The Labute approximate surface area is 127 Å². The SMILES string of the molecule is CSCCCCCCNc1ccc(C(F)(F)F)cc1C#N. The number of nitrogens with one attached hydrogen (secondary N) is 1. The van der Waals surface area contributed by atoms with Crippen LogP contribution in [0.5, 0.6) is 0 Å². The molecule has 21 heavy (non-hydrogen) atoms. The zero-order valence-corrected chi connectivity index (χ0v) is 12.8. The molecule has 0 heterocycles. The van der Waals surface area contributed by atoms with Crippen molar-refractivity contribution in [2.24, 2.45) is 0 Å². The number of rotatable bonds is 8. The Morgan fingerprint density at radius 3 is 2.52 bits per heavy atom. The average molecular weight is 316 g/mol. The van der Waals surface area contributed by atoms with Crippen LogP contribution < -0.4 is 5.32 Å². The largest absolute Gasteiger partial charge is 0.416 e. The van der Waals surface area contributed by atoms with E-state index in [-0.39, 0.29) is 5.56 Å². The maximum Gasteiger partial charge on any atom is 0.416 e. The van der Waals surface area contributed by atoms with Gasteiger partial charge in [-0.15, -0.1) is 0 Å². The summed E-state index contributed by atoms with van der Waals surface area (Å²) >= 11 is 1.83. The molecule has 0 radical (unpaired) electrons. The van der Waals surface area contributed by atoms with Gasteiger partial charge in [0.05, 0.1) is 16.8 Å². The summed E-state index contributed by atoms with van der Waals surface area (Å²) in [5, 5.41) is 12.0. The van der Waals surface area contributed by atoms with Gasteiger partial charge in [0, 0.05) is 6.54 Å². The van der Waals surface area contributed by atoms with Crippen LogP contribution in [0, 0.1) is 11.3 Å². The van der Waals surface area contributed by atoms with Gasteiger partial charge in [0.2, 0.25) is 0 Å². The van der Waals surface area contributed by atoms with Crippen LogP contribution in [0.3, 0.4) is 0 Å². The summed E-state index contributed by atoms with van der Waals surface area (Å²) < 4.78 is 37.7. The molecule has 0 fully saturated rings. The first kappa shape index (κ1) is 17.7. The van der Waals surface area contributed by atoms with E-state index in [2.05, 4.69) is 11.6 Å². The molecule has 0 aliphatic rings. The Morgan fingerprint density at radius 1 is 1.19 bits per heavy atom. The van der Waals surface area contributed by atoms with Crippen molar-refractivity contribution in [3.8, 4) is 6.07 Å². The predicted octanol–water partition coefficient (Wildman–Crippen LogP) is 4.91. The van der Waals surface area contributed by atoms with E-state index in [4.69, 9.17) is 5.26 Å². The molecule has 0 atom stereocenters. The highest BCUT2D eigenvalue weighted by Gasteiger charge is 2.30. The van der Waals surface area contributed by atoms with Crippen molar-refractivity contribution in [3.05, 3.63) is 29.3 Å². The third-order valence-corrected chi connectivity index (χ3v) is 3.75. The van der Waals surface area contributed by atoms with Crippen molar-refractivity contribution in [2.45, 2.75) is 31.9 Å². The second-order valence-corrected chi connectivity index (χ2v) is 5.69. The Hall–Kier alpha value is -1.35. The van der Waals surface area contributed by atoms with E-state index in [1.165, 1.54) is 12.5 Å². The van der Waals surface area contributed by atoms with Gasteiger partial charge in [-0.3, -0.25) is 0 Å². The van der Waals surface area contributed by atoms with Crippen molar-refractivity contribution >= 4 is 17.4 Å². The second-order valence-electron chi connectivity index (χ2n) is 4.70. The standard InChI is InChI=1S/C15H19F3N2S/c1-21-9-5-3-2-4-8-20-14-7-6-13(15(16,17)18)10-12(14)11-19/h6-7,10,20H,2-5,8-9H2,1H3. The number of unbranched alkanes of at least 4 members (excludes halogenated alkanes) is 3. The van der Waals surface area contributed by atoms with Crippen molar-refractivity contribution in [1.82, 2.24) is 0 Å². The summed E-state index contributed by atoms with van der Waals surface area (Å²) in [5.74, 6) is 1.16. The quantitative estimate of drug-likeness (QED) is 0.692. The normalized spacial score (nSPS) is 11.2. The van der Waals surface area contributed by atoms with Gasteiger partial charge >= 0.3 is 6.18 Å². The summed E-state index contributed by atoms with van der Waals surface area (Å²) in [7, 11) is 0. The van der Waals surface area contributed by atoms with E-state index in [9.17, 15) is 13.2 Å². The topological polar surface area (TPSA) is 35.8 Å². The molecule has 0 bridgehead atoms. The molecule has 0 aliphatic heterocycles. The number of anilines is 1. The number of hydrogen-bond acceptors (Lipinski definition) is 3. The number of hydrogen-bond donors (Lipinski definition) is 1. The van der Waals surface area contributed by atoms with E-state index in [0.29, 0.717) is 12.2 Å². The molecule has 1 rings (SSSR count). The minimum absolute atomic E-state index is 0.0345. The third-order valence-electron chi connectivity index (χ3n) is 3.06. The molecule has 1 aromatic carbocycles. The van der Waals surface area contributed by atoms with Crippen LogP contribution in [-0.4, -0.2) is 18.6 Å². The predicted molar refractivity (Wildman–Crippen MR) is 81.5 cm³/mol.